The van der Waals surface area contributed by atoms with E-state index >= 15 is 0 Å². The van der Waals surface area contributed by atoms with Crippen molar-refractivity contribution in [1.82, 2.24) is 0 Å². The van der Waals surface area contributed by atoms with Crippen LogP contribution in [-0.4, -0.2) is 5.78 Å². The van der Waals surface area contributed by atoms with Crippen molar-refractivity contribution in [3.05, 3.63) is 11.1 Å². The highest BCUT2D eigenvalue weighted by molar-refractivity contribution is 5.99. The molecule has 0 aromatic carbocycles. The van der Waals surface area contributed by atoms with E-state index in [4.69, 9.17) is 0 Å². The Morgan fingerprint density at radius 2 is 2.00 bits per heavy atom. The number of ketones is 1. The van der Waals surface area contributed by atoms with E-state index in [-0.39, 0.29) is 11.3 Å². The quantitative estimate of drug-likeness (QED) is 0.634. The van der Waals surface area contributed by atoms with Gasteiger partial charge in [0.05, 0.1) is 0 Å². The van der Waals surface area contributed by atoms with Crippen LogP contribution in [0.4, 0.5) is 0 Å². The summed E-state index contributed by atoms with van der Waals surface area (Å²) in [7, 11) is 0. The molecular weight excluding hydrogens is 196 g/mol. The Morgan fingerprint density at radius 1 is 1.44 bits per heavy atom. The van der Waals surface area contributed by atoms with Crippen molar-refractivity contribution in [2.24, 2.45) is 17.3 Å². The molecule has 2 atom stereocenters. The Balaban J connectivity index is 3.12. The second-order valence-corrected chi connectivity index (χ2v) is 6.07. The van der Waals surface area contributed by atoms with Crippen LogP contribution in [0.1, 0.15) is 60.8 Å². The maximum atomic E-state index is 12.5. The molecule has 1 fully saturated rings. The summed E-state index contributed by atoms with van der Waals surface area (Å²) in [5.41, 5.74) is 2.53. The minimum absolute atomic E-state index is 0.212. The molecule has 1 aliphatic carbocycles. The first-order valence-corrected chi connectivity index (χ1v) is 6.54. The first-order chi connectivity index (χ1) is 7.33. The molecule has 1 saturated carbocycles. The minimum Gasteiger partial charge on any atom is -0.294 e. The van der Waals surface area contributed by atoms with Gasteiger partial charge >= 0.3 is 0 Å². The number of rotatable bonds is 2. The standard InChI is InChI=1S/C15H26O/c1-7-15(6)9-8-12(10(2)3)14(16)13(15)11(4)5/h11,13H,7-9H2,1-6H3. The highest BCUT2D eigenvalue weighted by Gasteiger charge is 2.44. The van der Waals surface area contributed by atoms with Crippen molar-refractivity contribution in [3.8, 4) is 0 Å². The molecule has 16 heavy (non-hydrogen) atoms. The van der Waals surface area contributed by atoms with E-state index in [0.29, 0.717) is 11.7 Å². The van der Waals surface area contributed by atoms with E-state index < -0.39 is 0 Å². The lowest BCUT2D eigenvalue weighted by Gasteiger charge is -2.43. The molecule has 0 saturated heterocycles. The zero-order chi connectivity index (χ0) is 12.5. The van der Waals surface area contributed by atoms with Crippen LogP contribution in [0.2, 0.25) is 0 Å². The Morgan fingerprint density at radius 3 is 2.38 bits per heavy atom. The second kappa shape index (κ2) is 4.73. The molecule has 0 spiro atoms. The smallest absolute Gasteiger partial charge is 0.162 e. The Kier molecular flexibility index (Phi) is 3.98. The number of hydrogen-bond acceptors (Lipinski definition) is 1. The molecular formula is C15H26O. The van der Waals surface area contributed by atoms with Crippen molar-refractivity contribution in [2.75, 3.05) is 0 Å². The van der Waals surface area contributed by atoms with Crippen molar-refractivity contribution in [3.63, 3.8) is 0 Å². The van der Waals surface area contributed by atoms with Crippen LogP contribution in [0.15, 0.2) is 11.1 Å². The number of hydrogen-bond donors (Lipinski definition) is 0. The summed E-state index contributed by atoms with van der Waals surface area (Å²) in [5.74, 6) is 1.09. The van der Waals surface area contributed by atoms with Gasteiger partial charge in [-0.05, 0) is 50.0 Å². The van der Waals surface area contributed by atoms with Gasteiger partial charge in [-0.1, -0.05) is 33.3 Å². The van der Waals surface area contributed by atoms with Crippen LogP contribution >= 0.6 is 0 Å². The van der Waals surface area contributed by atoms with Gasteiger partial charge < -0.3 is 0 Å². The highest BCUT2D eigenvalue weighted by Crippen LogP contribution is 2.47. The number of allylic oxidation sites excluding steroid dienone is 2. The molecule has 0 heterocycles. The summed E-state index contributed by atoms with van der Waals surface area (Å²) in [6.45, 7) is 13.0. The van der Waals surface area contributed by atoms with Crippen LogP contribution in [0.25, 0.3) is 0 Å². The summed E-state index contributed by atoms with van der Waals surface area (Å²) >= 11 is 0. The zero-order valence-electron chi connectivity index (χ0n) is 11.7. The summed E-state index contributed by atoms with van der Waals surface area (Å²) in [6, 6.07) is 0. The van der Waals surface area contributed by atoms with Crippen LogP contribution in [0.3, 0.4) is 0 Å². The number of Topliss-reactive ketones (excluding diaryl/α,β-unsaturated/α-hetero) is 1. The Bertz CT molecular complexity index is 307. The number of carbonyl (C=O) groups is 1. The van der Waals surface area contributed by atoms with Crippen LogP contribution < -0.4 is 0 Å². The van der Waals surface area contributed by atoms with Crippen LogP contribution in [0, 0.1) is 17.3 Å². The monoisotopic (exact) mass is 222 g/mol. The molecule has 2 unspecified atom stereocenters. The summed E-state index contributed by atoms with van der Waals surface area (Å²) in [6.07, 6.45) is 3.25. The van der Waals surface area contributed by atoms with Crippen molar-refractivity contribution in [1.29, 1.82) is 0 Å². The van der Waals surface area contributed by atoms with E-state index in [0.717, 1.165) is 18.4 Å². The molecule has 1 nitrogen and oxygen atoms in total. The molecule has 0 N–H and O–H groups in total. The van der Waals surface area contributed by atoms with Crippen molar-refractivity contribution < 1.29 is 4.79 Å². The van der Waals surface area contributed by atoms with Gasteiger partial charge in [-0.2, -0.15) is 0 Å². The molecule has 0 radical (unpaired) electrons. The first-order valence-electron chi connectivity index (χ1n) is 6.54. The Hall–Kier alpha value is -0.590. The zero-order valence-corrected chi connectivity index (χ0v) is 11.7. The predicted octanol–water partition coefficient (Wildman–Crippen LogP) is 4.37. The first kappa shape index (κ1) is 13.5. The SMILES string of the molecule is CCC1(C)CCC(=C(C)C)C(=O)C1C(C)C. The summed E-state index contributed by atoms with van der Waals surface area (Å²) in [5, 5.41) is 0. The number of carbonyl (C=O) groups excluding carboxylic acids is 1. The topological polar surface area (TPSA) is 17.1 Å². The summed E-state index contributed by atoms with van der Waals surface area (Å²) in [4.78, 5) is 12.5. The third-order valence-electron chi connectivity index (χ3n) is 4.35. The molecule has 0 aliphatic heterocycles. The van der Waals surface area contributed by atoms with E-state index in [9.17, 15) is 4.79 Å². The van der Waals surface area contributed by atoms with E-state index in [1.165, 1.54) is 12.0 Å². The fraction of sp³-hybridized carbons (Fsp3) is 0.800. The van der Waals surface area contributed by atoms with Crippen LogP contribution in [-0.2, 0) is 4.79 Å². The summed E-state index contributed by atoms with van der Waals surface area (Å²) < 4.78 is 0. The van der Waals surface area contributed by atoms with Gasteiger partial charge in [-0.3, -0.25) is 4.79 Å². The second-order valence-electron chi connectivity index (χ2n) is 6.07. The van der Waals surface area contributed by atoms with Gasteiger partial charge in [0, 0.05) is 5.92 Å². The Labute approximate surface area is 100 Å². The fourth-order valence-corrected chi connectivity index (χ4v) is 3.19. The predicted molar refractivity (Wildman–Crippen MR) is 69.3 cm³/mol. The molecule has 1 aliphatic rings. The van der Waals surface area contributed by atoms with Crippen molar-refractivity contribution >= 4 is 5.78 Å². The van der Waals surface area contributed by atoms with E-state index in [1.54, 1.807) is 0 Å². The fourth-order valence-electron chi connectivity index (χ4n) is 3.19. The van der Waals surface area contributed by atoms with Gasteiger partial charge in [0.1, 0.15) is 0 Å². The largest absolute Gasteiger partial charge is 0.294 e. The molecule has 0 amide bonds. The maximum absolute atomic E-state index is 12.5. The van der Waals surface area contributed by atoms with E-state index in [1.807, 2.05) is 0 Å². The molecule has 0 bridgehead atoms. The lowest BCUT2D eigenvalue weighted by atomic mass is 9.60. The van der Waals surface area contributed by atoms with Crippen molar-refractivity contribution in [2.45, 2.75) is 60.8 Å². The molecule has 1 heteroatoms. The lowest BCUT2D eigenvalue weighted by Crippen LogP contribution is -2.41. The average Bonchev–Trinajstić information content (AvgIpc) is 2.16. The van der Waals surface area contributed by atoms with Gasteiger partial charge in [0.15, 0.2) is 5.78 Å². The maximum Gasteiger partial charge on any atom is 0.162 e. The highest BCUT2D eigenvalue weighted by atomic mass is 16.1. The minimum atomic E-state index is 0.212. The van der Waals surface area contributed by atoms with Crippen LogP contribution in [0.5, 0.6) is 0 Å². The van der Waals surface area contributed by atoms with Gasteiger partial charge in [0.25, 0.3) is 0 Å². The van der Waals surface area contributed by atoms with E-state index in [2.05, 4.69) is 41.5 Å². The molecule has 0 aromatic rings. The third kappa shape index (κ3) is 2.23. The van der Waals surface area contributed by atoms with Gasteiger partial charge in [0.2, 0.25) is 0 Å². The normalized spacial score (nSPS) is 31.1. The van der Waals surface area contributed by atoms with Gasteiger partial charge in [-0.15, -0.1) is 0 Å². The lowest BCUT2D eigenvalue weighted by molar-refractivity contribution is -0.127. The average molecular weight is 222 g/mol. The molecule has 1 rings (SSSR count). The molecule has 92 valence electrons. The van der Waals surface area contributed by atoms with Gasteiger partial charge in [-0.25, -0.2) is 0 Å². The third-order valence-corrected chi connectivity index (χ3v) is 4.35. The molecule has 0 aromatic heterocycles.